The molecule has 0 aliphatic heterocycles. The number of nitrogens with one attached hydrogen (secondary N) is 1. The lowest BCUT2D eigenvalue weighted by Gasteiger charge is -2.20. The first-order chi connectivity index (χ1) is 9.42. The molecule has 1 N–H and O–H groups in total. The van der Waals surface area contributed by atoms with Crippen molar-refractivity contribution in [2.24, 2.45) is 0 Å². The fourth-order valence-corrected chi connectivity index (χ4v) is 2.53. The lowest BCUT2D eigenvalue weighted by Crippen LogP contribution is -2.36. The molecule has 1 rings (SSSR count). The summed E-state index contributed by atoms with van der Waals surface area (Å²) in [7, 11) is 0. The topological polar surface area (TPSA) is 21.3 Å². The van der Waals surface area contributed by atoms with E-state index in [-0.39, 0.29) is 5.54 Å². The summed E-state index contributed by atoms with van der Waals surface area (Å²) in [6, 6.07) is 6.28. The van der Waals surface area contributed by atoms with Gasteiger partial charge in [0, 0.05) is 10.0 Å². The van der Waals surface area contributed by atoms with E-state index in [9.17, 15) is 0 Å². The Bertz CT molecular complexity index is 398. The Labute approximate surface area is 132 Å². The summed E-state index contributed by atoms with van der Waals surface area (Å²) in [6.45, 7) is 10.5. The Morgan fingerprint density at radius 2 is 1.90 bits per heavy atom. The third-order valence-corrected chi connectivity index (χ3v) is 3.59. The van der Waals surface area contributed by atoms with Gasteiger partial charge in [-0.15, -0.1) is 0 Å². The highest BCUT2D eigenvalue weighted by Crippen LogP contribution is 2.25. The maximum Gasteiger partial charge on any atom is 0.122 e. The molecule has 0 heterocycles. The predicted molar refractivity (Wildman–Crippen MR) is 90.6 cm³/mol. The summed E-state index contributed by atoms with van der Waals surface area (Å²) in [5, 5.41) is 3.53. The lowest BCUT2D eigenvalue weighted by molar-refractivity contribution is 0.336. The second-order valence-electron chi connectivity index (χ2n) is 6.17. The van der Waals surface area contributed by atoms with Gasteiger partial charge in [0.05, 0.1) is 6.61 Å². The molecular weight excluding hydrogens is 314 g/mol. The molecule has 0 spiro atoms. The van der Waals surface area contributed by atoms with Crippen LogP contribution in [0.25, 0.3) is 0 Å². The summed E-state index contributed by atoms with van der Waals surface area (Å²) in [4.78, 5) is 0. The Morgan fingerprint density at radius 1 is 1.15 bits per heavy atom. The van der Waals surface area contributed by atoms with E-state index in [1.54, 1.807) is 0 Å². The summed E-state index contributed by atoms with van der Waals surface area (Å²) in [5.41, 5.74) is 1.54. The molecule has 0 saturated carbocycles. The molecule has 0 amide bonds. The van der Waals surface area contributed by atoms with Crippen molar-refractivity contribution < 1.29 is 4.74 Å². The van der Waals surface area contributed by atoms with Gasteiger partial charge in [-0.2, -0.15) is 0 Å². The average molecular weight is 342 g/mol. The molecule has 1 aromatic rings. The summed E-state index contributed by atoms with van der Waals surface area (Å²) < 4.78 is 6.81. The highest BCUT2D eigenvalue weighted by Gasteiger charge is 2.07. The van der Waals surface area contributed by atoms with Crippen LogP contribution in [0.1, 0.15) is 52.5 Å². The number of aryl methyl sites for hydroxylation is 1. The van der Waals surface area contributed by atoms with Crippen LogP contribution < -0.4 is 10.1 Å². The highest BCUT2D eigenvalue weighted by molar-refractivity contribution is 9.10. The van der Waals surface area contributed by atoms with E-state index in [1.807, 2.05) is 13.0 Å². The summed E-state index contributed by atoms with van der Waals surface area (Å²) in [6.07, 6.45) is 4.78. The number of rotatable bonds is 8. The Morgan fingerprint density at radius 3 is 2.55 bits per heavy atom. The molecule has 2 nitrogen and oxygen atoms in total. The first-order valence-electron chi connectivity index (χ1n) is 7.58. The number of hydrogen-bond donors (Lipinski definition) is 1. The van der Waals surface area contributed by atoms with Crippen LogP contribution in [0.15, 0.2) is 22.7 Å². The summed E-state index contributed by atoms with van der Waals surface area (Å²) in [5.74, 6) is 1.03. The third-order valence-electron chi connectivity index (χ3n) is 3.10. The molecule has 0 aliphatic carbocycles. The molecule has 0 atom stereocenters. The number of ether oxygens (including phenoxy) is 1. The van der Waals surface area contributed by atoms with E-state index in [2.05, 4.69) is 54.2 Å². The minimum Gasteiger partial charge on any atom is -0.494 e. The molecule has 3 heteroatoms. The van der Waals surface area contributed by atoms with E-state index in [0.29, 0.717) is 0 Å². The van der Waals surface area contributed by atoms with Gasteiger partial charge in [0.15, 0.2) is 0 Å². The minimum atomic E-state index is 0.229. The molecule has 0 fully saturated rings. The van der Waals surface area contributed by atoms with E-state index < -0.39 is 0 Å². The molecule has 0 aliphatic rings. The molecular formula is C17H28BrNO. The van der Waals surface area contributed by atoms with Gasteiger partial charge >= 0.3 is 0 Å². The normalized spacial score (nSPS) is 11.7. The molecule has 20 heavy (non-hydrogen) atoms. The second-order valence-corrected chi connectivity index (χ2v) is 7.09. The fraction of sp³-hybridized carbons (Fsp3) is 0.647. The van der Waals surface area contributed by atoms with Crippen LogP contribution in [0.2, 0.25) is 0 Å². The van der Waals surface area contributed by atoms with E-state index >= 15 is 0 Å². The van der Waals surface area contributed by atoms with Crippen molar-refractivity contribution in [2.45, 2.75) is 58.9 Å². The maximum atomic E-state index is 5.68. The summed E-state index contributed by atoms with van der Waals surface area (Å²) >= 11 is 3.54. The first kappa shape index (κ1) is 17.5. The van der Waals surface area contributed by atoms with Crippen molar-refractivity contribution >= 4 is 15.9 Å². The zero-order valence-electron chi connectivity index (χ0n) is 13.3. The number of benzene rings is 1. The SMILES string of the molecule is CCOc1ccc(Br)cc1CCCCCNC(C)(C)C. The third kappa shape index (κ3) is 7.30. The van der Waals surface area contributed by atoms with Gasteiger partial charge in [-0.3, -0.25) is 0 Å². The van der Waals surface area contributed by atoms with Crippen molar-refractivity contribution in [3.8, 4) is 5.75 Å². The quantitative estimate of drug-likeness (QED) is 0.675. The molecule has 0 radical (unpaired) electrons. The van der Waals surface area contributed by atoms with Crippen molar-refractivity contribution in [1.29, 1.82) is 0 Å². The Hall–Kier alpha value is -0.540. The zero-order chi connectivity index (χ0) is 15.0. The van der Waals surface area contributed by atoms with Crippen LogP contribution in [0.3, 0.4) is 0 Å². The largest absolute Gasteiger partial charge is 0.494 e. The van der Waals surface area contributed by atoms with Gasteiger partial charge in [-0.1, -0.05) is 22.4 Å². The van der Waals surface area contributed by atoms with E-state index in [0.717, 1.165) is 29.8 Å². The van der Waals surface area contributed by atoms with Crippen LogP contribution in [-0.2, 0) is 6.42 Å². The van der Waals surface area contributed by atoms with Gasteiger partial charge in [0.25, 0.3) is 0 Å². The van der Waals surface area contributed by atoms with E-state index in [1.165, 1.54) is 24.8 Å². The minimum absolute atomic E-state index is 0.229. The van der Waals surface area contributed by atoms with Gasteiger partial charge in [0.2, 0.25) is 0 Å². The van der Waals surface area contributed by atoms with Crippen LogP contribution in [0.4, 0.5) is 0 Å². The van der Waals surface area contributed by atoms with Crippen LogP contribution in [0.5, 0.6) is 5.75 Å². The smallest absolute Gasteiger partial charge is 0.122 e. The van der Waals surface area contributed by atoms with Gasteiger partial charge in [-0.05, 0) is 77.3 Å². The molecule has 114 valence electrons. The van der Waals surface area contributed by atoms with Gasteiger partial charge in [0.1, 0.15) is 5.75 Å². The van der Waals surface area contributed by atoms with E-state index in [4.69, 9.17) is 4.74 Å². The molecule has 1 aromatic carbocycles. The molecule has 0 aromatic heterocycles. The van der Waals surface area contributed by atoms with Gasteiger partial charge in [-0.25, -0.2) is 0 Å². The monoisotopic (exact) mass is 341 g/mol. The Kier molecular flexibility index (Phi) is 7.60. The van der Waals surface area contributed by atoms with Crippen molar-refractivity contribution in [2.75, 3.05) is 13.2 Å². The molecule has 0 unspecified atom stereocenters. The van der Waals surface area contributed by atoms with Crippen LogP contribution >= 0.6 is 15.9 Å². The zero-order valence-corrected chi connectivity index (χ0v) is 14.8. The van der Waals surface area contributed by atoms with Crippen molar-refractivity contribution in [1.82, 2.24) is 5.32 Å². The Balaban J connectivity index is 2.32. The maximum absolute atomic E-state index is 5.68. The van der Waals surface area contributed by atoms with Crippen molar-refractivity contribution in [3.05, 3.63) is 28.2 Å². The van der Waals surface area contributed by atoms with Crippen LogP contribution in [0, 0.1) is 0 Å². The lowest BCUT2D eigenvalue weighted by atomic mass is 10.1. The molecule has 0 bridgehead atoms. The number of hydrogen-bond acceptors (Lipinski definition) is 2. The average Bonchev–Trinajstić information content (AvgIpc) is 2.35. The molecule has 0 saturated heterocycles. The van der Waals surface area contributed by atoms with Crippen molar-refractivity contribution in [3.63, 3.8) is 0 Å². The first-order valence-corrected chi connectivity index (χ1v) is 8.38. The van der Waals surface area contributed by atoms with Crippen LogP contribution in [-0.4, -0.2) is 18.7 Å². The van der Waals surface area contributed by atoms with Gasteiger partial charge < -0.3 is 10.1 Å². The standard InChI is InChI=1S/C17H28BrNO/c1-5-20-16-11-10-15(18)13-14(16)9-7-6-8-12-19-17(2,3)4/h10-11,13,19H,5-9,12H2,1-4H3. The highest BCUT2D eigenvalue weighted by atomic mass is 79.9. The fourth-order valence-electron chi connectivity index (χ4n) is 2.12. The second kappa shape index (κ2) is 8.68. The predicted octanol–water partition coefficient (Wildman–Crippen LogP) is 4.95. The number of halogens is 1. The number of unbranched alkanes of at least 4 members (excludes halogenated alkanes) is 2.